The molecule has 2 unspecified atom stereocenters. The molecular weight excluding hydrogens is 559 g/mol. The van der Waals surface area contributed by atoms with Gasteiger partial charge in [-0.25, -0.2) is 8.96 Å². The number of aromatic hydroxyl groups is 2. The number of carbonyl (C=O) groups excluding carboxylic acids is 3. The Labute approximate surface area is 243 Å². The lowest BCUT2D eigenvalue weighted by Gasteiger charge is -2.23. The Hall–Kier alpha value is -5.79. The molecule has 1 fully saturated rings. The van der Waals surface area contributed by atoms with Crippen LogP contribution < -0.4 is 11.1 Å². The first-order chi connectivity index (χ1) is 20.7. The zero-order valence-electron chi connectivity index (χ0n) is 22.5. The van der Waals surface area contributed by atoms with Gasteiger partial charge in [0.1, 0.15) is 24.4 Å². The van der Waals surface area contributed by atoms with Crippen molar-refractivity contribution in [3.8, 4) is 28.6 Å². The van der Waals surface area contributed by atoms with Gasteiger partial charge < -0.3 is 26.2 Å². The van der Waals surface area contributed by atoms with Crippen LogP contribution in [-0.2, 0) is 16.1 Å². The number of hydrogen-bond acceptors (Lipinski definition) is 8. The largest absolute Gasteiger partial charge is 0.494 e. The maximum atomic E-state index is 14.6. The van der Waals surface area contributed by atoms with Crippen LogP contribution in [-0.4, -0.2) is 76.1 Å². The molecule has 0 aliphatic carbocycles. The quantitative estimate of drug-likeness (QED) is 0.225. The zero-order chi connectivity index (χ0) is 30.2. The molecule has 0 radical (unpaired) electrons. The summed E-state index contributed by atoms with van der Waals surface area (Å²) in [4.78, 5) is 40.0. The van der Waals surface area contributed by atoms with Gasteiger partial charge in [0.25, 0.3) is 5.91 Å². The fourth-order valence-electron chi connectivity index (χ4n) is 5.28. The summed E-state index contributed by atoms with van der Waals surface area (Å²) >= 11 is 0. The highest BCUT2D eigenvalue weighted by atomic mass is 19.1. The summed E-state index contributed by atoms with van der Waals surface area (Å²) in [5, 5.41) is 35.9. The molecule has 1 aliphatic rings. The smallest absolute Gasteiger partial charge is 0.269 e. The monoisotopic (exact) mass is 584 g/mol. The van der Waals surface area contributed by atoms with Gasteiger partial charge in [0, 0.05) is 23.4 Å². The number of alkyl halides is 1. The predicted octanol–water partition coefficient (Wildman–Crippen LogP) is 2.37. The Morgan fingerprint density at radius 1 is 1.02 bits per heavy atom. The van der Waals surface area contributed by atoms with Crippen LogP contribution >= 0.6 is 0 Å². The van der Waals surface area contributed by atoms with E-state index in [2.05, 4.69) is 20.6 Å². The second-order valence-electron chi connectivity index (χ2n) is 10.0. The van der Waals surface area contributed by atoms with E-state index in [1.807, 2.05) is 0 Å². The highest BCUT2D eigenvalue weighted by Gasteiger charge is 2.40. The summed E-state index contributed by atoms with van der Waals surface area (Å²) in [5.74, 6) is -2.92. The van der Waals surface area contributed by atoms with Crippen LogP contribution in [0.25, 0.3) is 27.7 Å². The highest BCUT2D eigenvalue weighted by molar-refractivity contribution is 6.05. The van der Waals surface area contributed by atoms with Crippen LogP contribution in [0.4, 0.5) is 10.1 Å². The molecule has 5 N–H and O–H groups in total. The van der Waals surface area contributed by atoms with E-state index in [0.29, 0.717) is 16.6 Å². The van der Waals surface area contributed by atoms with Crippen LogP contribution in [0.3, 0.4) is 0 Å². The Bertz CT molecular complexity index is 1860. The maximum absolute atomic E-state index is 14.6. The van der Waals surface area contributed by atoms with Crippen molar-refractivity contribution in [2.24, 2.45) is 5.73 Å². The van der Waals surface area contributed by atoms with Crippen molar-refractivity contribution in [3.05, 3.63) is 78.8 Å². The summed E-state index contributed by atoms with van der Waals surface area (Å²) in [6.07, 6.45) is 1.35. The molecule has 3 amide bonds. The Balaban J connectivity index is 1.24. The van der Waals surface area contributed by atoms with Crippen LogP contribution in [0.5, 0.6) is 11.8 Å². The number of aromatic nitrogens is 5. The SMILES string of the molecule is NC(=O)c1nn(CC(=O)N2CC(F)CC2C(=O)Nc2cc(O)n(-c3ccccc3)c2O)c2ccc(-c3ccnnc3)cc12. The molecule has 0 bridgehead atoms. The second kappa shape index (κ2) is 10.9. The number of benzene rings is 2. The molecule has 6 rings (SSSR count). The van der Waals surface area contributed by atoms with Crippen LogP contribution in [0, 0.1) is 0 Å². The fraction of sp³-hybridized carbons (Fsp3) is 0.172. The van der Waals surface area contributed by atoms with Crippen molar-refractivity contribution in [2.45, 2.75) is 25.2 Å². The molecular formula is C29H25FN8O5. The molecule has 14 heteroatoms. The van der Waals surface area contributed by atoms with Gasteiger partial charge in [-0.05, 0) is 35.9 Å². The van der Waals surface area contributed by atoms with E-state index in [9.17, 15) is 29.0 Å². The van der Waals surface area contributed by atoms with Crippen molar-refractivity contribution < 1.29 is 29.0 Å². The number of nitrogens with zero attached hydrogens (tertiary/aromatic N) is 6. The lowest BCUT2D eigenvalue weighted by molar-refractivity contribution is -0.137. The summed E-state index contributed by atoms with van der Waals surface area (Å²) in [6.45, 7) is -0.729. The van der Waals surface area contributed by atoms with Crippen LogP contribution in [0.2, 0.25) is 0 Å². The molecule has 1 saturated heterocycles. The molecule has 5 aromatic rings. The molecule has 3 aromatic heterocycles. The molecule has 0 saturated carbocycles. The zero-order valence-corrected chi connectivity index (χ0v) is 22.5. The Kier molecular flexibility index (Phi) is 6.93. The molecule has 0 spiro atoms. The third-order valence-electron chi connectivity index (χ3n) is 7.29. The van der Waals surface area contributed by atoms with E-state index in [1.54, 1.807) is 60.8 Å². The van der Waals surface area contributed by atoms with E-state index in [0.717, 1.165) is 26.7 Å². The predicted molar refractivity (Wildman–Crippen MR) is 152 cm³/mol. The number of amides is 3. The highest BCUT2D eigenvalue weighted by Crippen LogP contribution is 2.36. The van der Waals surface area contributed by atoms with Gasteiger partial charge in [-0.3, -0.25) is 19.1 Å². The van der Waals surface area contributed by atoms with Gasteiger partial charge in [-0.2, -0.15) is 15.3 Å². The minimum absolute atomic E-state index is 0.0519. The van der Waals surface area contributed by atoms with Crippen molar-refractivity contribution >= 4 is 34.3 Å². The summed E-state index contributed by atoms with van der Waals surface area (Å²) < 4.78 is 17.0. The lowest BCUT2D eigenvalue weighted by Crippen LogP contribution is -2.44. The third-order valence-corrected chi connectivity index (χ3v) is 7.29. The number of fused-ring (bicyclic) bond motifs is 1. The average molecular weight is 585 g/mol. The number of likely N-dealkylation sites (tertiary alicyclic amines) is 1. The van der Waals surface area contributed by atoms with Crippen molar-refractivity contribution in [3.63, 3.8) is 0 Å². The first-order valence-electron chi connectivity index (χ1n) is 13.2. The summed E-state index contributed by atoms with van der Waals surface area (Å²) in [5.41, 5.74) is 7.77. The van der Waals surface area contributed by atoms with Crippen molar-refractivity contribution in [1.82, 2.24) is 29.4 Å². The minimum atomic E-state index is -1.47. The van der Waals surface area contributed by atoms with E-state index < -0.39 is 42.4 Å². The second-order valence-corrected chi connectivity index (χ2v) is 10.0. The number of para-hydroxylation sites is 1. The van der Waals surface area contributed by atoms with E-state index in [4.69, 9.17) is 5.73 Å². The van der Waals surface area contributed by atoms with Gasteiger partial charge in [-0.1, -0.05) is 24.3 Å². The molecule has 43 heavy (non-hydrogen) atoms. The summed E-state index contributed by atoms with van der Waals surface area (Å²) in [7, 11) is 0. The van der Waals surface area contributed by atoms with Gasteiger partial charge in [0.05, 0.1) is 30.1 Å². The minimum Gasteiger partial charge on any atom is -0.494 e. The number of hydrogen-bond donors (Lipinski definition) is 4. The number of rotatable bonds is 7. The molecule has 13 nitrogen and oxygen atoms in total. The van der Waals surface area contributed by atoms with Gasteiger partial charge in [0.15, 0.2) is 5.69 Å². The fourth-order valence-corrected chi connectivity index (χ4v) is 5.28. The first-order valence-corrected chi connectivity index (χ1v) is 13.2. The van der Waals surface area contributed by atoms with E-state index >= 15 is 0 Å². The topological polar surface area (TPSA) is 181 Å². The van der Waals surface area contributed by atoms with Crippen molar-refractivity contribution in [2.75, 3.05) is 11.9 Å². The normalized spacial score (nSPS) is 16.4. The van der Waals surface area contributed by atoms with Gasteiger partial charge >= 0.3 is 0 Å². The number of nitrogens with one attached hydrogen (secondary N) is 1. The number of halogens is 1. The Morgan fingerprint density at radius 2 is 1.81 bits per heavy atom. The van der Waals surface area contributed by atoms with E-state index in [1.165, 1.54) is 10.9 Å². The molecule has 2 aromatic carbocycles. The Morgan fingerprint density at radius 3 is 2.53 bits per heavy atom. The summed E-state index contributed by atoms with van der Waals surface area (Å²) in [6, 6.07) is 15.3. The number of carbonyl (C=O) groups is 3. The first kappa shape index (κ1) is 27.4. The van der Waals surface area contributed by atoms with Gasteiger partial charge in [-0.15, -0.1) is 0 Å². The number of nitrogens with two attached hydrogens (primary N) is 1. The average Bonchev–Trinajstić information content (AvgIpc) is 3.66. The molecule has 2 atom stereocenters. The molecule has 218 valence electrons. The van der Waals surface area contributed by atoms with Gasteiger partial charge in [0.2, 0.25) is 23.6 Å². The third kappa shape index (κ3) is 5.09. The van der Waals surface area contributed by atoms with E-state index in [-0.39, 0.29) is 30.2 Å². The number of anilines is 1. The molecule has 4 heterocycles. The number of primary amides is 1. The lowest BCUT2D eigenvalue weighted by atomic mass is 10.0. The van der Waals surface area contributed by atoms with Crippen LogP contribution in [0.15, 0.2) is 73.1 Å². The van der Waals surface area contributed by atoms with Crippen molar-refractivity contribution in [1.29, 1.82) is 0 Å². The maximum Gasteiger partial charge on any atom is 0.269 e. The molecule has 1 aliphatic heterocycles. The standard InChI is InChI=1S/C29H25FN8O5/c30-18-11-23(28(42)34-21-12-24(39)38(29(21)43)19-4-2-1-3-5-19)36(14-18)25(40)15-37-22-7-6-16(17-8-9-32-33-13-17)10-20(22)26(35-37)27(31)41/h1-10,12-13,18,23,39,43H,11,14-15H2,(H2,31,41)(H,34,42). The van der Waals surface area contributed by atoms with Crippen LogP contribution in [0.1, 0.15) is 16.9 Å².